The van der Waals surface area contributed by atoms with Gasteiger partial charge in [-0.2, -0.15) is 0 Å². The molecule has 0 radical (unpaired) electrons. The van der Waals surface area contributed by atoms with Crippen molar-refractivity contribution in [3.8, 4) is 0 Å². The summed E-state index contributed by atoms with van der Waals surface area (Å²) in [7, 11) is 0. The number of amides is 2. The highest BCUT2D eigenvalue weighted by atomic mass is 16.2. The third kappa shape index (κ3) is 3.73. The summed E-state index contributed by atoms with van der Waals surface area (Å²) in [6.07, 6.45) is 11.9. The van der Waals surface area contributed by atoms with E-state index in [2.05, 4.69) is 41.5 Å². The number of pyridine rings is 1. The predicted molar refractivity (Wildman–Crippen MR) is 131 cm³/mol. The summed E-state index contributed by atoms with van der Waals surface area (Å²) < 4.78 is 0. The number of carbonyl (C=O) groups excluding carboxylic acids is 2. The van der Waals surface area contributed by atoms with Crippen LogP contribution in [0.1, 0.15) is 72.9 Å². The van der Waals surface area contributed by atoms with Crippen LogP contribution in [-0.4, -0.2) is 40.8 Å². The molecule has 7 rings (SSSR count). The van der Waals surface area contributed by atoms with E-state index < -0.39 is 0 Å². The molecule has 1 aliphatic heterocycles. The standard InChI is InChI=1S/C29H35N3O2/c1-20-2-4-24(5-3-20)28-15-21-14-22(16-28)18-29(17-21,19-28)27(34)31-25-8-12-32(13-9-25)26(33)23-6-10-30-11-7-23/h2-7,10-11,21-22,25H,8-9,12-19H2,1H3,(H,31,34). The summed E-state index contributed by atoms with van der Waals surface area (Å²) >= 11 is 0. The number of nitrogens with zero attached hydrogens (tertiary/aromatic N) is 2. The van der Waals surface area contributed by atoms with Gasteiger partial charge in [0.2, 0.25) is 5.91 Å². The molecule has 4 saturated carbocycles. The predicted octanol–water partition coefficient (Wildman–Crippen LogP) is 4.65. The van der Waals surface area contributed by atoms with Crippen LogP contribution in [0.15, 0.2) is 48.8 Å². The van der Waals surface area contributed by atoms with Crippen LogP contribution in [0.2, 0.25) is 0 Å². The largest absolute Gasteiger partial charge is 0.353 e. The Morgan fingerprint density at radius 3 is 2.24 bits per heavy atom. The second kappa shape index (κ2) is 8.21. The van der Waals surface area contributed by atoms with Crippen molar-refractivity contribution < 1.29 is 9.59 Å². The van der Waals surface area contributed by atoms with E-state index in [9.17, 15) is 9.59 Å². The van der Waals surface area contributed by atoms with Gasteiger partial charge in [0, 0.05) is 37.1 Å². The van der Waals surface area contributed by atoms with Crippen LogP contribution in [0.3, 0.4) is 0 Å². The maximum absolute atomic E-state index is 13.8. The monoisotopic (exact) mass is 457 g/mol. The van der Waals surface area contributed by atoms with Crippen LogP contribution < -0.4 is 5.32 Å². The average molecular weight is 458 g/mol. The van der Waals surface area contributed by atoms with Gasteiger partial charge in [0.15, 0.2) is 0 Å². The summed E-state index contributed by atoms with van der Waals surface area (Å²) in [5, 5.41) is 3.47. The van der Waals surface area contributed by atoms with Crippen LogP contribution in [0, 0.1) is 24.2 Å². The molecule has 1 N–H and O–H groups in total. The molecule has 5 heteroatoms. The number of aromatic nitrogens is 1. The maximum atomic E-state index is 13.8. The lowest BCUT2D eigenvalue weighted by molar-refractivity contribution is -0.150. The number of carbonyl (C=O) groups is 2. The summed E-state index contributed by atoms with van der Waals surface area (Å²) in [5.74, 6) is 1.70. The number of benzene rings is 1. The molecule has 0 spiro atoms. The fourth-order valence-electron chi connectivity index (χ4n) is 8.02. The van der Waals surface area contributed by atoms with E-state index >= 15 is 0 Å². The minimum Gasteiger partial charge on any atom is -0.353 e. The van der Waals surface area contributed by atoms with Gasteiger partial charge in [-0.3, -0.25) is 14.6 Å². The molecular weight excluding hydrogens is 422 g/mol. The quantitative estimate of drug-likeness (QED) is 0.727. The molecule has 34 heavy (non-hydrogen) atoms. The van der Waals surface area contributed by atoms with E-state index in [1.54, 1.807) is 24.5 Å². The molecule has 1 saturated heterocycles. The lowest BCUT2D eigenvalue weighted by Gasteiger charge is -2.61. The van der Waals surface area contributed by atoms with Crippen LogP contribution >= 0.6 is 0 Å². The Morgan fingerprint density at radius 2 is 1.59 bits per heavy atom. The number of nitrogens with one attached hydrogen (secondary N) is 1. The topological polar surface area (TPSA) is 62.3 Å². The molecule has 1 aromatic carbocycles. The van der Waals surface area contributed by atoms with Gasteiger partial charge in [-0.15, -0.1) is 0 Å². The number of rotatable bonds is 4. The summed E-state index contributed by atoms with van der Waals surface area (Å²) in [4.78, 5) is 32.5. The molecular formula is C29H35N3O2. The van der Waals surface area contributed by atoms with Gasteiger partial charge in [-0.05, 0) is 93.2 Å². The van der Waals surface area contributed by atoms with Crippen molar-refractivity contribution in [3.05, 3.63) is 65.5 Å². The zero-order chi connectivity index (χ0) is 23.3. The Hall–Kier alpha value is -2.69. The van der Waals surface area contributed by atoms with Crippen LogP contribution in [0.25, 0.3) is 0 Å². The Morgan fingerprint density at radius 1 is 0.941 bits per heavy atom. The van der Waals surface area contributed by atoms with Crippen molar-refractivity contribution >= 4 is 11.8 Å². The van der Waals surface area contributed by atoms with Gasteiger partial charge in [0.05, 0.1) is 5.41 Å². The smallest absolute Gasteiger partial charge is 0.253 e. The van der Waals surface area contributed by atoms with E-state index in [1.165, 1.54) is 30.4 Å². The number of likely N-dealkylation sites (tertiary alicyclic amines) is 1. The molecule has 2 amide bonds. The van der Waals surface area contributed by atoms with Crippen molar-refractivity contribution in [1.29, 1.82) is 0 Å². The van der Waals surface area contributed by atoms with Gasteiger partial charge in [0.1, 0.15) is 0 Å². The SMILES string of the molecule is Cc1ccc(C23CC4CC(CC(C(=O)NC5CCN(C(=O)c6ccncc6)CC5)(C4)C2)C3)cc1. The van der Waals surface area contributed by atoms with Gasteiger partial charge >= 0.3 is 0 Å². The van der Waals surface area contributed by atoms with Crippen molar-refractivity contribution in [2.24, 2.45) is 17.3 Å². The van der Waals surface area contributed by atoms with E-state index in [0.29, 0.717) is 30.5 Å². The van der Waals surface area contributed by atoms with Gasteiger partial charge in [-0.25, -0.2) is 0 Å². The fraction of sp³-hybridized carbons (Fsp3) is 0.552. The molecule has 178 valence electrons. The molecule has 4 aliphatic carbocycles. The van der Waals surface area contributed by atoms with E-state index in [-0.39, 0.29) is 28.7 Å². The van der Waals surface area contributed by atoms with Crippen molar-refractivity contribution in [3.63, 3.8) is 0 Å². The zero-order valence-electron chi connectivity index (χ0n) is 20.1. The third-order valence-corrected chi connectivity index (χ3v) is 9.25. The molecule has 5 fully saturated rings. The first-order chi connectivity index (χ1) is 16.4. The number of aryl methyl sites for hydroxylation is 1. The second-order valence-corrected chi connectivity index (χ2v) is 11.7. The van der Waals surface area contributed by atoms with Crippen LogP contribution in [-0.2, 0) is 10.2 Å². The minimum absolute atomic E-state index is 0.0632. The highest BCUT2D eigenvalue weighted by molar-refractivity contribution is 5.94. The molecule has 2 atom stereocenters. The van der Waals surface area contributed by atoms with Gasteiger partial charge in [-0.1, -0.05) is 29.8 Å². The zero-order valence-corrected chi connectivity index (χ0v) is 20.1. The lowest BCUT2D eigenvalue weighted by atomic mass is 9.42. The van der Waals surface area contributed by atoms with Crippen molar-refractivity contribution in [2.75, 3.05) is 13.1 Å². The maximum Gasteiger partial charge on any atom is 0.253 e. The molecule has 2 aromatic rings. The molecule has 5 aliphatic rings. The van der Waals surface area contributed by atoms with E-state index in [0.717, 1.165) is 32.1 Å². The lowest BCUT2D eigenvalue weighted by Crippen LogP contribution is -2.60. The second-order valence-electron chi connectivity index (χ2n) is 11.7. The van der Waals surface area contributed by atoms with Gasteiger partial charge < -0.3 is 10.2 Å². The summed E-state index contributed by atoms with van der Waals surface area (Å²) in [6, 6.07) is 12.8. The Labute approximate surface area is 202 Å². The van der Waals surface area contributed by atoms with Crippen LogP contribution in [0.4, 0.5) is 0 Å². The van der Waals surface area contributed by atoms with Crippen molar-refractivity contribution in [2.45, 2.75) is 69.7 Å². The Balaban J connectivity index is 1.13. The Kier molecular flexibility index (Phi) is 5.27. The van der Waals surface area contributed by atoms with Crippen LogP contribution in [0.5, 0.6) is 0 Å². The normalized spacial score (nSPS) is 32.6. The average Bonchev–Trinajstić information content (AvgIpc) is 2.84. The first kappa shape index (κ1) is 21.8. The fourth-order valence-corrected chi connectivity index (χ4v) is 8.02. The first-order valence-corrected chi connectivity index (χ1v) is 13.0. The highest BCUT2D eigenvalue weighted by Gasteiger charge is 2.61. The summed E-state index contributed by atoms with van der Waals surface area (Å²) in [6.45, 7) is 3.53. The number of hydrogen-bond donors (Lipinski definition) is 1. The number of piperidine rings is 1. The minimum atomic E-state index is -0.209. The molecule has 1 aromatic heterocycles. The first-order valence-electron chi connectivity index (χ1n) is 13.0. The van der Waals surface area contributed by atoms with Gasteiger partial charge in [0.25, 0.3) is 5.91 Å². The molecule has 2 unspecified atom stereocenters. The molecule has 4 bridgehead atoms. The summed E-state index contributed by atoms with van der Waals surface area (Å²) in [5.41, 5.74) is 3.41. The highest BCUT2D eigenvalue weighted by Crippen LogP contribution is 2.65. The van der Waals surface area contributed by atoms with E-state index in [4.69, 9.17) is 0 Å². The molecule has 5 nitrogen and oxygen atoms in total. The third-order valence-electron chi connectivity index (χ3n) is 9.25. The Bertz CT molecular complexity index is 1060. The number of hydrogen-bond acceptors (Lipinski definition) is 3. The van der Waals surface area contributed by atoms with E-state index in [1.807, 2.05) is 4.90 Å². The van der Waals surface area contributed by atoms with Crippen molar-refractivity contribution in [1.82, 2.24) is 15.2 Å². The molecule has 2 heterocycles.